The smallest absolute Gasteiger partial charge is 0.233 e. The molecule has 1 aromatic heterocycles. The minimum absolute atomic E-state index is 0.306. The molecule has 3 aromatic rings. The van der Waals surface area contributed by atoms with Crippen molar-refractivity contribution in [2.45, 2.75) is 12.3 Å². The molecule has 1 fully saturated rings. The largest absolute Gasteiger partial charge is 0.493 e. The summed E-state index contributed by atoms with van der Waals surface area (Å²) in [6.07, 6.45) is 1.98. The number of pyridine rings is 1. The lowest BCUT2D eigenvalue weighted by Gasteiger charge is -2.13. The number of hydrogen-bond acceptors (Lipinski definition) is 6. The molecule has 0 saturated heterocycles. The highest BCUT2D eigenvalue weighted by Gasteiger charge is 2.64. The Kier molecular flexibility index (Phi) is 4.69. The van der Waals surface area contributed by atoms with Crippen LogP contribution in [0.2, 0.25) is 0 Å². The SMILES string of the molecule is COc1cc2nccc(Oc3ccc(C4CC4(C(N)=O)C(N)=O)cc3)c2cc1OC. The van der Waals surface area contributed by atoms with Gasteiger partial charge in [0, 0.05) is 23.6 Å². The molecule has 8 nitrogen and oxygen atoms in total. The Labute approximate surface area is 172 Å². The second kappa shape index (κ2) is 7.22. The summed E-state index contributed by atoms with van der Waals surface area (Å²) in [5, 5.41) is 0.767. The highest BCUT2D eigenvalue weighted by atomic mass is 16.5. The molecule has 1 aliphatic carbocycles. The van der Waals surface area contributed by atoms with Gasteiger partial charge < -0.3 is 25.7 Å². The van der Waals surface area contributed by atoms with Crippen LogP contribution in [-0.4, -0.2) is 31.0 Å². The lowest BCUT2D eigenvalue weighted by atomic mass is 9.97. The van der Waals surface area contributed by atoms with Crippen LogP contribution in [0.1, 0.15) is 17.9 Å². The molecule has 154 valence electrons. The van der Waals surface area contributed by atoms with Crippen molar-refractivity contribution in [3.63, 3.8) is 0 Å². The Balaban J connectivity index is 1.61. The minimum Gasteiger partial charge on any atom is -0.493 e. The molecule has 30 heavy (non-hydrogen) atoms. The number of methoxy groups -OCH3 is 2. The first kappa shape index (κ1) is 19.5. The molecule has 4 N–H and O–H groups in total. The van der Waals surface area contributed by atoms with Crippen LogP contribution >= 0.6 is 0 Å². The van der Waals surface area contributed by atoms with Gasteiger partial charge in [0.05, 0.1) is 19.7 Å². The number of primary amides is 2. The number of benzene rings is 2. The second-order valence-corrected chi connectivity index (χ2v) is 7.16. The first-order valence-corrected chi connectivity index (χ1v) is 9.29. The van der Waals surface area contributed by atoms with Gasteiger partial charge in [-0.05, 0) is 36.2 Å². The van der Waals surface area contributed by atoms with E-state index in [4.69, 9.17) is 25.7 Å². The number of carbonyl (C=O) groups excluding carboxylic acids is 2. The Bertz CT molecular complexity index is 1130. The van der Waals surface area contributed by atoms with Gasteiger partial charge in [0.1, 0.15) is 16.9 Å². The zero-order valence-corrected chi connectivity index (χ0v) is 16.5. The molecule has 0 radical (unpaired) electrons. The van der Waals surface area contributed by atoms with Gasteiger partial charge in [0.25, 0.3) is 0 Å². The van der Waals surface area contributed by atoms with Crippen LogP contribution in [0.25, 0.3) is 10.9 Å². The summed E-state index contributed by atoms with van der Waals surface area (Å²) in [4.78, 5) is 27.8. The molecular formula is C22H21N3O5. The molecule has 0 bridgehead atoms. The molecule has 1 aliphatic rings. The molecule has 1 atom stereocenters. The third-order valence-corrected chi connectivity index (χ3v) is 5.56. The second-order valence-electron chi connectivity index (χ2n) is 7.16. The van der Waals surface area contributed by atoms with Crippen molar-refractivity contribution in [2.24, 2.45) is 16.9 Å². The Morgan fingerprint density at radius 1 is 0.967 bits per heavy atom. The number of ether oxygens (including phenoxy) is 3. The van der Waals surface area contributed by atoms with Crippen LogP contribution in [0.5, 0.6) is 23.0 Å². The number of carbonyl (C=O) groups is 2. The standard InChI is InChI=1S/C22H21N3O5/c1-28-18-9-14-16(10-19(18)29-2)25-8-7-17(14)30-13-5-3-12(4-6-13)15-11-22(15,20(23)26)21(24)27/h3-10,15H,11H2,1-2H3,(H2,23,26)(H2,24,27). The van der Waals surface area contributed by atoms with Crippen LogP contribution in [-0.2, 0) is 9.59 Å². The fraction of sp³-hybridized carbons (Fsp3) is 0.227. The van der Waals surface area contributed by atoms with E-state index >= 15 is 0 Å². The number of nitrogens with zero attached hydrogens (tertiary/aromatic N) is 1. The summed E-state index contributed by atoms with van der Waals surface area (Å²) >= 11 is 0. The van der Waals surface area contributed by atoms with E-state index in [0.717, 1.165) is 10.9 Å². The monoisotopic (exact) mass is 407 g/mol. The Morgan fingerprint density at radius 2 is 1.60 bits per heavy atom. The van der Waals surface area contributed by atoms with E-state index in [1.165, 1.54) is 0 Å². The van der Waals surface area contributed by atoms with Crippen molar-refractivity contribution in [3.8, 4) is 23.0 Å². The van der Waals surface area contributed by atoms with Crippen LogP contribution in [0.4, 0.5) is 0 Å². The molecular weight excluding hydrogens is 386 g/mol. The first-order valence-electron chi connectivity index (χ1n) is 9.29. The van der Waals surface area contributed by atoms with Gasteiger partial charge in [-0.15, -0.1) is 0 Å². The lowest BCUT2D eigenvalue weighted by Crippen LogP contribution is -2.38. The number of nitrogens with two attached hydrogens (primary N) is 2. The zero-order valence-electron chi connectivity index (χ0n) is 16.5. The van der Waals surface area contributed by atoms with Gasteiger partial charge in [-0.25, -0.2) is 0 Å². The minimum atomic E-state index is -1.29. The van der Waals surface area contributed by atoms with Gasteiger partial charge in [0.15, 0.2) is 11.5 Å². The first-order chi connectivity index (χ1) is 14.4. The fourth-order valence-electron chi connectivity index (χ4n) is 3.76. The number of rotatable bonds is 7. The lowest BCUT2D eigenvalue weighted by molar-refractivity contribution is -0.133. The van der Waals surface area contributed by atoms with E-state index in [0.29, 0.717) is 34.9 Å². The van der Waals surface area contributed by atoms with E-state index in [1.807, 2.05) is 6.07 Å². The van der Waals surface area contributed by atoms with Crippen molar-refractivity contribution in [1.82, 2.24) is 4.98 Å². The zero-order chi connectivity index (χ0) is 21.5. The van der Waals surface area contributed by atoms with Gasteiger partial charge >= 0.3 is 0 Å². The molecule has 0 spiro atoms. The number of fused-ring (bicyclic) bond motifs is 1. The van der Waals surface area contributed by atoms with Gasteiger partial charge in [-0.2, -0.15) is 0 Å². The molecule has 8 heteroatoms. The summed E-state index contributed by atoms with van der Waals surface area (Å²) < 4.78 is 16.7. The topological polar surface area (TPSA) is 127 Å². The van der Waals surface area contributed by atoms with Crippen LogP contribution < -0.4 is 25.7 Å². The van der Waals surface area contributed by atoms with E-state index in [1.54, 1.807) is 56.8 Å². The van der Waals surface area contributed by atoms with Crippen molar-refractivity contribution in [3.05, 3.63) is 54.2 Å². The predicted octanol–water partition coefficient (Wildman–Crippen LogP) is 2.49. The van der Waals surface area contributed by atoms with E-state index in [2.05, 4.69) is 4.98 Å². The quantitative estimate of drug-likeness (QED) is 0.579. The van der Waals surface area contributed by atoms with Crippen LogP contribution in [0.3, 0.4) is 0 Å². The fourth-order valence-corrected chi connectivity index (χ4v) is 3.76. The van der Waals surface area contributed by atoms with Gasteiger partial charge in [-0.1, -0.05) is 12.1 Å². The third-order valence-electron chi connectivity index (χ3n) is 5.56. The van der Waals surface area contributed by atoms with Crippen molar-refractivity contribution in [2.75, 3.05) is 14.2 Å². The van der Waals surface area contributed by atoms with Crippen molar-refractivity contribution in [1.29, 1.82) is 0 Å². The normalized spacial score (nSPS) is 16.7. The average molecular weight is 407 g/mol. The molecule has 2 amide bonds. The highest BCUT2D eigenvalue weighted by molar-refractivity contribution is 6.08. The average Bonchev–Trinajstić information content (AvgIpc) is 3.51. The van der Waals surface area contributed by atoms with Crippen molar-refractivity contribution < 1.29 is 23.8 Å². The molecule has 4 rings (SSSR count). The van der Waals surface area contributed by atoms with Gasteiger partial charge in [0.2, 0.25) is 11.8 Å². The van der Waals surface area contributed by atoms with Crippen LogP contribution in [0, 0.1) is 5.41 Å². The molecule has 1 heterocycles. The summed E-state index contributed by atoms with van der Waals surface area (Å²) in [5.41, 5.74) is 11.0. The summed E-state index contributed by atoms with van der Waals surface area (Å²) in [6.45, 7) is 0. The predicted molar refractivity (Wildman–Crippen MR) is 110 cm³/mol. The Hall–Kier alpha value is -3.81. The maximum absolute atomic E-state index is 11.7. The summed E-state index contributed by atoms with van der Waals surface area (Å²) in [5.74, 6) is 0.659. The number of aromatic nitrogens is 1. The molecule has 1 saturated carbocycles. The molecule has 0 aliphatic heterocycles. The Morgan fingerprint density at radius 3 is 2.17 bits per heavy atom. The third kappa shape index (κ3) is 3.06. The van der Waals surface area contributed by atoms with Crippen LogP contribution in [0.15, 0.2) is 48.7 Å². The number of amides is 2. The van der Waals surface area contributed by atoms with E-state index in [-0.39, 0.29) is 5.92 Å². The van der Waals surface area contributed by atoms with E-state index in [9.17, 15) is 9.59 Å². The van der Waals surface area contributed by atoms with Crippen molar-refractivity contribution >= 4 is 22.7 Å². The van der Waals surface area contributed by atoms with E-state index < -0.39 is 17.2 Å². The van der Waals surface area contributed by atoms with Gasteiger partial charge in [-0.3, -0.25) is 14.6 Å². The molecule has 1 unspecified atom stereocenters. The number of hydrogen-bond donors (Lipinski definition) is 2. The summed E-state index contributed by atoms with van der Waals surface area (Å²) in [6, 6.07) is 12.5. The molecule has 2 aromatic carbocycles. The maximum atomic E-state index is 11.7. The highest BCUT2D eigenvalue weighted by Crippen LogP contribution is 2.59. The maximum Gasteiger partial charge on any atom is 0.233 e. The summed E-state index contributed by atoms with van der Waals surface area (Å²) in [7, 11) is 3.13.